The lowest BCUT2D eigenvalue weighted by molar-refractivity contribution is 0.444. The Balaban J connectivity index is 2.27. The van der Waals surface area contributed by atoms with E-state index >= 15 is 0 Å². The molecule has 1 aliphatic rings. The first kappa shape index (κ1) is 12.3. The van der Waals surface area contributed by atoms with Gasteiger partial charge in [0.25, 0.3) is 0 Å². The molecule has 6 heteroatoms. The highest BCUT2D eigenvalue weighted by Crippen LogP contribution is 2.22. The van der Waals surface area contributed by atoms with Crippen LogP contribution in [0.1, 0.15) is 19.8 Å². The van der Waals surface area contributed by atoms with Crippen molar-refractivity contribution in [2.75, 3.05) is 24.2 Å². The van der Waals surface area contributed by atoms with E-state index in [0.29, 0.717) is 11.7 Å². The van der Waals surface area contributed by atoms with Crippen LogP contribution in [0, 0.1) is 5.92 Å². The van der Waals surface area contributed by atoms with Crippen LogP contribution in [-0.2, 0) is 9.84 Å². The third-order valence-electron chi connectivity index (χ3n) is 2.99. The third-order valence-corrected chi connectivity index (χ3v) is 3.97. The molecule has 0 bridgehead atoms. The van der Waals surface area contributed by atoms with Crippen molar-refractivity contribution in [1.29, 1.82) is 0 Å². The van der Waals surface area contributed by atoms with E-state index < -0.39 is 9.84 Å². The van der Waals surface area contributed by atoms with Crippen molar-refractivity contribution in [3.05, 3.63) is 12.4 Å². The first-order valence-electron chi connectivity index (χ1n) is 5.74. The van der Waals surface area contributed by atoms with Gasteiger partial charge in [-0.25, -0.2) is 18.4 Å². The van der Waals surface area contributed by atoms with Crippen LogP contribution in [0.25, 0.3) is 0 Å². The van der Waals surface area contributed by atoms with Crippen LogP contribution in [0.3, 0.4) is 0 Å². The Morgan fingerprint density at radius 3 is 2.82 bits per heavy atom. The lowest BCUT2D eigenvalue weighted by atomic mass is 10.0. The Labute approximate surface area is 102 Å². The van der Waals surface area contributed by atoms with E-state index in [9.17, 15) is 8.42 Å². The molecule has 94 valence electrons. The van der Waals surface area contributed by atoms with Gasteiger partial charge in [-0.2, -0.15) is 0 Å². The molecule has 1 aliphatic heterocycles. The summed E-state index contributed by atoms with van der Waals surface area (Å²) < 4.78 is 22.8. The lowest BCUT2D eigenvalue weighted by Crippen LogP contribution is -2.34. The molecular formula is C11H17N3O2S. The molecule has 0 aromatic carbocycles. The third kappa shape index (κ3) is 2.94. The van der Waals surface area contributed by atoms with E-state index in [0.717, 1.165) is 25.8 Å². The van der Waals surface area contributed by atoms with E-state index in [1.54, 1.807) is 6.07 Å². The molecule has 0 amide bonds. The average molecular weight is 255 g/mol. The van der Waals surface area contributed by atoms with Crippen molar-refractivity contribution in [3.63, 3.8) is 0 Å². The predicted octanol–water partition coefficient (Wildman–Crippen LogP) is 1.12. The summed E-state index contributed by atoms with van der Waals surface area (Å²) in [5.74, 6) is 1.34. The summed E-state index contributed by atoms with van der Waals surface area (Å²) in [5, 5.41) is 0.0979. The Bertz CT molecular complexity index is 501. The molecule has 1 aromatic rings. The molecule has 0 spiro atoms. The molecule has 0 saturated carbocycles. The second-order valence-corrected chi connectivity index (χ2v) is 6.64. The number of aromatic nitrogens is 2. The van der Waals surface area contributed by atoms with Gasteiger partial charge in [0, 0.05) is 25.4 Å². The highest BCUT2D eigenvalue weighted by molar-refractivity contribution is 7.90. The van der Waals surface area contributed by atoms with Gasteiger partial charge in [-0.3, -0.25) is 0 Å². The molecule has 1 fully saturated rings. The second-order valence-electron chi connectivity index (χ2n) is 4.68. The Morgan fingerprint density at radius 1 is 1.41 bits per heavy atom. The number of anilines is 1. The summed E-state index contributed by atoms with van der Waals surface area (Å²) in [4.78, 5) is 10.1. The molecule has 1 saturated heterocycles. The van der Waals surface area contributed by atoms with E-state index in [1.165, 1.54) is 12.7 Å². The number of hydrogen-bond donors (Lipinski definition) is 0. The lowest BCUT2D eigenvalue weighted by Gasteiger charge is -2.31. The normalized spacial score (nSPS) is 21.5. The number of hydrogen-bond acceptors (Lipinski definition) is 5. The maximum Gasteiger partial charge on any atom is 0.192 e. The fraction of sp³-hybridized carbons (Fsp3) is 0.636. The summed E-state index contributed by atoms with van der Waals surface area (Å²) in [6.45, 7) is 4.07. The zero-order chi connectivity index (χ0) is 12.5. The zero-order valence-corrected chi connectivity index (χ0v) is 10.9. The molecular weight excluding hydrogens is 238 g/mol. The van der Waals surface area contributed by atoms with Crippen LogP contribution < -0.4 is 4.90 Å². The molecule has 0 radical (unpaired) electrons. The van der Waals surface area contributed by atoms with Crippen LogP contribution in [0.4, 0.5) is 5.82 Å². The predicted molar refractivity (Wildman–Crippen MR) is 65.8 cm³/mol. The summed E-state index contributed by atoms with van der Waals surface area (Å²) in [5.41, 5.74) is 0. The quantitative estimate of drug-likeness (QED) is 0.741. The van der Waals surface area contributed by atoms with Crippen LogP contribution >= 0.6 is 0 Å². The van der Waals surface area contributed by atoms with E-state index in [-0.39, 0.29) is 5.03 Å². The second kappa shape index (κ2) is 4.60. The fourth-order valence-electron chi connectivity index (χ4n) is 2.10. The largest absolute Gasteiger partial charge is 0.356 e. The van der Waals surface area contributed by atoms with Gasteiger partial charge in [-0.15, -0.1) is 0 Å². The molecule has 1 atom stereocenters. The summed E-state index contributed by atoms with van der Waals surface area (Å²) in [6.07, 6.45) is 4.84. The van der Waals surface area contributed by atoms with Crippen molar-refractivity contribution in [1.82, 2.24) is 9.97 Å². The number of rotatable bonds is 2. The van der Waals surface area contributed by atoms with Gasteiger partial charge in [0.1, 0.15) is 12.1 Å². The van der Waals surface area contributed by atoms with Crippen molar-refractivity contribution in [2.24, 2.45) is 5.92 Å². The maximum absolute atomic E-state index is 11.4. The van der Waals surface area contributed by atoms with Crippen molar-refractivity contribution in [2.45, 2.75) is 24.8 Å². The molecule has 1 aromatic heterocycles. The standard InChI is InChI=1S/C11H17N3O2S/c1-9-4-3-5-14(7-9)10-6-11(13-8-12-10)17(2,15)16/h6,8-9H,3-5,7H2,1-2H3. The molecule has 0 N–H and O–H groups in total. The summed E-state index contributed by atoms with van der Waals surface area (Å²) in [6, 6.07) is 1.56. The van der Waals surface area contributed by atoms with Crippen molar-refractivity contribution >= 4 is 15.7 Å². The molecule has 2 heterocycles. The SMILES string of the molecule is CC1CCCN(c2cc(S(C)(=O)=O)ncn2)C1. The smallest absolute Gasteiger partial charge is 0.192 e. The van der Waals surface area contributed by atoms with Gasteiger partial charge in [0.2, 0.25) is 0 Å². The molecule has 5 nitrogen and oxygen atoms in total. The highest BCUT2D eigenvalue weighted by Gasteiger charge is 2.19. The van der Waals surface area contributed by atoms with E-state index in [2.05, 4.69) is 21.8 Å². The van der Waals surface area contributed by atoms with Crippen LogP contribution in [0.15, 0.2) is 17.4 Å². The van der Waals surface area contributed by atoms with Crippen molar-refractivity contribution in [3.8, 4) is 0 Å². The molecule has 0 aliphatic carbocycles. The van der Waals surface area contributed by atoms with E-state index in [4.69, 9.17) is 0 Å². The minimum Gasteiger partial charge on any atom is -0.356 e. The number of sulfone groups is 1. The van der Waals surface area contributed by atoms with Crippen LogP contribution in [0.5, 0.6) is 0 Å². The Hall–Kier alpha value is -1.17. The average Bonchev–Trinajstić information content (AvgIpc) is 2.28. The van der Waals surface area contributed by atoms with Gasteiger partial charge in [0.05, 0.1) is 0 Å². The highest BCUT2D eigenvalue weighted by atomic mass is 32.2. The maximum atomic E-state index is 11.4. The van der Waals surface area contributed by atoms with Gasteiger partial charge >= 0.3 is 0 Å². The van der Waals surface area contributed by atoms with Crippen molar-refractivity contribution < 1.29 is 8.42 Å². The topological polar surface area (TPSA) is 63.2 Å². The van der Waals surface area contributed by atoms with Crippen LogP contribution in [-0.4, -0.2) is 37.7 Å². The molecule has 2 rings (SSSR count). The van der Waals surface area contributed by atoms with Gasteiger partial charge in [-0.05, 0) is 18.8 Å². The monoisotopic (exact) mass is 255 g/mol. The fourth-order valence-corrected chi connectivity index (χ4v) is 2.66. The Kier molecular flexibility index (Phi) is 3.33. The molecule has 17 heavy (non-hydrogen) atoms. The molecule has 1 unspecified atom stereocenters. The first-order valence-corrected chi connectivity index (χ1v) is 7.63. The van der Waals surface area contributed by atoms with Crippen LogP contribution in [0.2, 0.25) is 0 Å². The zero-order valence-electron chi connectivity index (χ0n) is 10.1. The summed E-state index contributed by atoms with van der Waals surface area (Å²) >= 11 is 0. The van der Waals surface area contributed by atoms with Gasteiger partial charge in [-0.1, -0.05) is 6.92 Å². The first-order chi connectivity index (χ1) is 7.97. The van der Waals surface area contributed by atoms with Gasteiger partial charge < -0.3 is 4.90 Å². The number of nitrogens with zero attached hydrogens (tertiary/aromatic N) is 3. The Morgan fingerprint density at radius 2 is 2.18 bits per heavy atom. The van der Waals surface area contributed by atoms with Gasteiger partial charge in [0.15, 0.2) is 14.9 Å². The minimum absolute atomic E-state index is 0.0979. The minimum atomic E-state index is -3.26. The number of piperidine rings is 1. The summed E-state index contributed by atoms with van der Waals surface area (Å²) in [7, 11) is -3.26. The van der Waals surface area contributed by atoms with E-state index in [1.807, 2.05) is 0 Å².